The lowest BCUT2D eigenvalue weighted by molar-refractivity contribution is 0.204. The molecule has 0 unspecified atom stereocenters. The fourth-order valence-corrected chi connectivity index (χ4v) is 10.7. The molecule has 0 saturated carbocycles. The number of thiophene rings is 2. The molecule has 2 aromatic heterocycles. The first-order valence-corrected chi connectivity index (χ1v) is 14.3. The highest BCUT2D eigenvalue weighted by Gasteiger charge is 2.41. The SMILES string of the molecule is [C-]#[N+]/C(=C\c1cc2c(s1)-c1sc(N(C)CCO)cc1[Si]2(C)C)C(=S)NCCOC. The minimum atomic E-state index is -1.76. The molecular formula is C20H25N3O2S3Si. The van der Waals surface area contributed by atoms with E-state index in [0.717, 1.165) is 4.88 Å². The van der Waals surface area contributed by atoms with Crippen molar-refractivity contribution in [3.05, 3.63) is 34.1 Å². The van der Waals surface area contributed by atoms with Crippen molar-refractivity contribution in [3.8, 4) is 9.75 Å². The Hall–Kier alpha value is -1.54. The number of rotatable bonds is 8. The van der Waals surface area contributed by atoms with E-state index in [1.165, 1.54) is 25.1 Å². The molecule has 0 aliphatic carbocycles. The number of fused-ring (bicyclic) bond motifs is 3. The van der Waals surface area contributed by atoms with Gasteiger partial charge in [0.15, 0.2) is 0 Å². The number of aliphatic hydroxyl groups is 1. The van der Waals surface area contributed by atoms with Crippen molar-refractivity contribution >= 4 is 69.4 Å². The maximum absolute atomic E-state index is 9.25. The van der Waals surface area contributed by atoms with Crippen molar-refractivity contribution in [2.75, 3.05) is 45.4 Å². The number of thiocarbonyl (C=S) groups is 1. The molecule has 0 radical (unpaired) electrons. The molecule has 2 aromatic rings. The molecule has 3 rings (SSSR count). The van der Waals surface area contributed by atoms with E-state index in [4.69, 9.17) is 23.5 Å². The second-order valence-electron chi connectivity index (χ2n) is 7.38. The van der Waals surface area contributed by atoms with Gasteiger partial charge in [0.25, 0.3) is 0 Å². The Balaban J connectivity index is 1.92. The van der Waals surface area contributed by atoms with E-state index in [1.54, 1.807) is 29.8 Å². The third-order valence-corrected chi connectivity index (χ3v) is 11.8. The van der Waals surface area contributed by atoms with Crippen molar-refractivity contribution in [3.63, 3.8) is 0 Å². The Bertz CT molecular complexity index is 988. The van der Waals surface area contributed by atoms with Gasteiger partial charge in [-0.2, -0.15) is 0 Å². The maximum Gasteiger partial charge on any atom is 0.221 e. The second kappa shape index (κ2) is 9.08. The van der Waals surface area contributed by atoms with Gasteiger partial charge in [-0.1, -0.05) is 25.3 Å². The smallest absolute Gasteiger partial charge is 0.221 e. The van der Waals surface area contributed by atoms with E-state index in [2.05, 4.69) is 40.3 Å². The van der Waals surface area contributed by atoms with Gasteiger partial charge in [0.2, 0.25) is 5.70 Å². The second-order valence-corrected chi connectivity index (χ2v) is 14.2. The molecule has 1 aliphatic rings. The zero-order valence-electron chi connectivity index (χ0n) is 17.0. The monoisotopic (exact) mass is 463 g/mol. The van der Waals surface area contributed by atoms with Crippen LogP contribution in [-0.2, 0) is 4.74 Å². The van der Waals surface area contributed by atoms with Gasteiger partial charge in [-0.3, -0.25) is 0 Å². The van der Waals surface area contributed by atoms with Gasteiger partial charge < -0.3 is 20.1 Å². The zero-order valence-corrected chi connectivity index (χ0v) is 20.5. The van der Waals surface area contributed by atoms with E-state index in [9.17, 15) is 5.11 Å². The quantitative estimate of drug-likeness (QED) is 0.207. The van der Waals surface area contributed by atoms with Crippen LogP contribution in [0.3, 0.4) is 0 Å². The zero-order chi connectivity index (χ0) is 21.2. The summed E-state index contributed by atoms with van der Waals surface area (Å²) in [5.74, 6) is 0. The lowest BCUT2D eigenvalue weighted by Crippen LogP contribution is -2.48. The molecule has 2 N–H and O–H groups in total. The Labute approximate surface area is 186 Å². The van der Waals surface area contributed by atoms with Gasteiger partial charge in [0, 0.05) is 41.9 Å². The lowest BCUT2D eigenvalue weighted by atomic mass is 10.3. The maximum atomic E-state index is 9.25. The third-order valence-electron chi connectivity index (χ3n) is 5.06. The van der Waals surface area contributed by atoms with Crippen LogP contribution in [0.15, 0.2) is 17.8 Å². The van der Waals surface area contributed by atoms with Gasteiger partial charge in [0.1, 0.15) is 13.1 Å². The summed E-state index contributed by atoms with van der Waals surface area (Å²) < 4.78 is 5.03. The van der Waals surface area contributed by atoms with Crippen LogP contribution < -0.4 is 20.6 Å². The number of aliphatic hydroxyl groups excluding tert-OH is 1. The van der Waals surface area contributed by atoms with Crippen LogP contribution in [0.5, 0.6) is 0 Å². The number of likely N-dealkylation sites (N-methyl/N-ethyl adjacent to an activating group) is 1. The fraction of sp³-hybridized carbons (Fsp3) is 0.400. The first-order valence-electron chi connectivity index (χ1n) is 9.30. The summed E-state index contributed by atoms with van der Waals surface area (Å²) in [6.07, 6.45) is 1.90. The minimum Gasteiger partial charge on any atom is -0.395 e. The molecule has 0 fully saturated rings. The van der Waals surface area contributed by atoms with Crippen molar-refractivity contribution in [1.82, 2.24) is 5.32 Å². The number of methoxy groups -OCH3 is 1. The largest absolute Gasteiger partial charge is 0.395 e. The van der Waals surface area contributed by atoms with Crippen molar-refractivity contribution in [2.45, 2.75) is 13.1 Å². The van der Waals surface area contributed by atoms with Crippen LogP contribution in [-0.4, -0.2) is 58.6 Å². The summed E-state index contributed by atoms with van der Waals surface area (Å²) >= 11 is 8.91. The van der Waals surface area contributed by atoms with E-state index in [0.29, 0.717) is 30.4 Å². The van der Waals surface area contributed by atoms with Crippen molar-refractivity contribution in [2.24, 2.45) is 0 Å². The molecule has 0 amide bonds. The first-order chi connectivity index (χ1) is 13.8. The number of anilines is 1. The molecule has 0 aromatic carbocycles. The van der Waals surface area contributed by atoms with Crippen LogP contribution in [0.1, 0.15) is 4.88 Å². The molecule has 0 saturated heterocycles. The number of nitrogens with zero attached hydrogens (tertiary/aromatic N) is 2. The summed E-state index contributed by atoms with van der Waals surface area (Å²) in [7, 11) is 1.90. The topological polar surface area (TPSA) is 49.1 Å². The molecule has 154 valence electrons. The Morgan fingerprint density at radius 1 is 1.34 bits per heavy atom. The van der Waals surface area contributed by atoms with Crippen molar-refractivity contribution < 1.29 is 9.84 Å². The summed E-state index contributed by atoms with van der Waals surface area (Å²) in [6, 6.07) is 4.56. The molecule has 5 nitrogen and oxygen atoms in total. The van der Waals surface area contributed by atoms with Gasteiger partial charge in [-0.15, -0.1) is 22.7 Å². The number of nitrogens with one attached hydrogen (secondary N) is 1. The first kappa shape index (κ1) is 22.1. The summed E-state index contributed by atoms with van der Waals surface area (Å²) in [6.45, 7) is 14.2. The van der Waals surface area contributed by atoms with Crippen LogP contribution in [0, 0.1) is 6.57 Å². The van der Waals surface area contributed by atoms with Crippen molar-refractivity contribution in [1.29, 1.82) is 0 Å². The van der Waals surface area contributed by atoms with Gasteiger partial charge in [-0.25, -0.2) is 4.85 Å². The Kier molecular flexibility index (Phi) is 6.93. The van der Waals surface area contributed by atoms with Gasteiger partial charge >= 0.3 is 0 Å². The third kappa shape index (κ3) is 4.33. The van der Waals surface area contributed by atoms with E-state index in [-0.39, 0.29) is 6.61 Å². The van der Waals surface area contributed by atoms with E-state index >= 15 is 0 Å². The van der Waals surface area contributed by atoms with E-state index < -0.39 is 8.07 Å². The number of hydrogen-bond donors (Lipinski definition) is 2. The highest BCUT2D eigenvalue weighted by atomic mass is 32.1. The predicted octanol–water partition coefficient (Wildman–Crippen LogP) is 2.86. The summed E-state index contributed by atoms with van der Waals surface area (Å²) in [5, 5.41) is 16.4. The predicted molar refractivity (Wildman–Crippen MR) is 132 cm³/mol. The summed E-state index contributed by atoms with van der Waals surface area (Å²) in [4.78, 5) is 9.97. The van der Waals surface area contributed by atoms with Crippen LogP contribution in [0.4, 0.5) is 5.00 Å². The van der Waals surface area contributed by atoms with Crippen LogP contribution >= 0.6 is 34.9 Å². The molecule has 0 bridgehead atoms. The molecule has 0 spiro atoms. The highest BCUT2D eigenvalue weighted by Crippen LogP contribution is 2.42. The van der Waals surface area contributed by atoms with Crippen LogP contribution in [0.25, 0.3) is 20.7 Å². The van der Waals surface area contributed by atoms with Gasteiger partial charge in [-0.05, 0) is 28.6 Å². The number of ether oxygens (including phenoxy) is 1. The minimum absolute atomic E-state index is 0.150. The summed E-state index contributed by atoms with van der Waals surface area (Å²) in [5.41, 5.74) is 0.463. The molecule has 3 heterocycles. The number of hydrogen-bond acceptors (Lipinski definition) is 6. The average Bonchev–Trinajstić information content (AvgIpc) is 3.34. The molecular weight excluding hydrogens is 439 g/mol. The fourth-order valence-electron chi connectivity index (χ4n) is 3.36. The van der Waals surface area contributed by atoms with Crippen LogP contribution in [0.2, 0.25) is 13.1 Å². The molecule has 29 heavy (non-hydrogen) atoms. The highest BCUT2D eigenvalue weighted by molar-refractivity contribution is 7.80. The van der Waals surface area contributed by atoms with Gasteiger partial charge in [0.05, 0.1) is 24.8 Å². The molecule has 0 atom stereocenters. The molecule has 1 aliphatic heterocycles. The lowest BCUT2D eigenvalue weighted by Gasteiger charge is -2.18. The Morgan fingerprint density at radius 3 is 2.69 bits per heavy atom. The van der Waals surface area contributed by atoms with E-state index in [1.807, 2.05) is 13.1 Å². The molecule has 9 heteroatoms. The Morgan fingerprint density at radius 2 is 2.03 bits per heavy atom. The standard InChI is InChI=1S/C20H25N3O2S3Si/c1-21-14(20(26)22-6-9-25-3)10-13-11-15-18(27-13)19-16(29(15,4)5)12-17(28-19)23(2)7-8-24/h10-12,24H,6-9H2,2-5H3,(H,22,26)/b14-10-. The average molecular weight is 464 g/mol. The normalized spacial score (nSPS) is 14.3.